The maximum Gasteiger partial charge on any atom is 0.0625 e. The first kappa shape index (κ1) is 7.97. The SMILES string of the molecule is Nc1ccncc1C(N)CO. The van der Waals surface area contributed by atoms with E-state index in [1.807, 2.05) is 0 Å². The highest BCUT2D eigenvalue weighted by Crippen LogP contribution is 2.15. The number of nitrogens with zero attached hydrogens (tertiary/aromatic N) is 1. The van der Waals surface area contributed by atoms with Crippen LogP contribution in [0.25, 0.3) is 0 Å². The van der Waals surface area contributed by atoms with Crippen LogP contribution in [-0.4, -0.2) is 16.7 Å². The average Bonchev–Trinajstić information content (AvgIpc) is 2.04. The lowest BCUT2D eigenvalue weighted by Gasteiger charge is -2.09. The van der Waals surface area contributed by atoms with E-state index in [1.165, 1.54) is 0 Å². The lowest BCUT2D eigenvalue weighted by atomic mass is 10.1. The summed E-state index contributed by atoms with van der Waals surface area (Å²) in [5, 5.41) is 8.70. The largest absolute Gasteiger partial charge is 0.398 e. The molecule has 0 aromatic carbocycles. The van der Waals surface area contributed by atoms with Gasteiger partial charge in [0.1, 0.15) is 0 Å². The summed E-state index contributed by atoms with van der Waals surface area (Å²) in [5.74, 6) is 0. The summed E-state index contributed by atoms with van der Waals surface area (Å²) >= 11 is 0. The van der Waals surface area contributed by atoms with Gasteiger partial charge in [0, 0.05) is 23.6 Å². The zero-order valence-corrected chi connectivity index (χ0v) is 6.07. The number of hydrogen-bond acceptors (Lipinski definition) is 4. The second-order valence-corrected chi connectivity index (χ2v) is 2.29. The summed E-state index contributed by atoms with van der Waals surface area (Å²) in [6.07, 6.45) is 3.15. The Morgan fingerprint density at radius 1 is 1.64 bits per heavy atom. The van der Waals surface area contributed by atoms with E-state index in [1.54, 1.807) is 18.5 Å². The van der Waals surface area contributed by atoms with E-state index >= 15 is 0 Å². The number of hydrogen-bond donors (Lipinski definition) is 3. The predicted molar refractivity (Wildman–Crippen MR) is 42.7 cm³/mol. The van der Waals surface area contributed by atoms with Gasteiger partial charge in [-0.25, -0.2) is 0 Å². The van der Waals surface area contributed by atoms with Gasteiger partial charge in [-0.1, -0.05) is 0 Å². The highest BCUT2D eigenvalue weighted by Gasteiger charge is 2.06. The fraction of sp³-hybridized carbons (Fsp3) is 0.286. The third kappa shape index (κ3) is 1.66. The Hall–Kier alpha value is -1.13. The van der Waals surface area contributed by atoms with Crippen molar-refractivity contribution in [1.82, 2.24) is 4.98 Å². The molecular formula is C7H11N3O. The van der Waals surface area contributed by atoms with E-state index in [0.717, 1.165) is 0 Å². The molecule has 0 aliphatic heterocycles. The van der Waals surface area contributed by atoms with E-state index in [-0.39, 0.29) is 6.61 Å². The van der Waals surface area contributed by atoms with Crippen molar-refractivity contribution < 1.29 is 5.11 Å². The number of aromatic nitrogens is 1. The Balaban J connectivity index is 2.93. The van der Waals surface area contributed by atoms with Gasteiger partial charge < -0.3 is 16.6 Å². The van der Waals surface area contributed by atoms with Gasteiger partial charge in [0.25, 0.3) is 0 Å². The zero-order valence-electron chi connectivity index (χ0n) is 6.07. The molecule has 0 fully saturated rings. The molecule has 0 amide bonds. The first-order valence-electron chi connectivity index (χ1n) is 3.31. The minimum atomic E-state index is -0.427. The van der Waals surface area contributed by atoms with Crippen molar-refractivity contribution in [2.45, 2.75) is 6.04 Å². The highest BCUT2D eigenvalue weighted by molar-refractivity contribution is 5.46. The molecule has 0 aliphatic carbocycles. The molecule has 4 nitrogen and oxygen atoms in total. The minimum absolute atomic E-state index is 0.115. The van der Waals surface area contributed by atoms with Crippen LogP contribution >= 0.6 is 0 Å². The Bertz CT molecular complexity index is 239. The number of anilines is 1. The van der Waals surface area contributed by atoms with Gasteiger partial charge in [-0.05, 0) is 6.07 Å². The second-order valence-electron chi connectivity index (χ2n) is 2.29. The van der Waals surface area contributed by atoms with Gasteiger partial charge in [0.2, 0.25) is 0 Å². The van der Waals surface area contributed by atoms with E-state index in [4.69, 9.17) is 16.6 Å². The molecule has 5 N–H and O–H groups in total. The maximum absolute atomic E-state index is 8.70. The molecule has 60 valence electrons. The van der Waals surface area contributed by atoms with Crippen LogP contribution in [0.15, 0.2) is 18.5 Å². The second kappa shape index (κ2) is 3.32. The van der Waals surface area contributed by atoms with E-state index in [0.29, 0.717) is 11.3 Å². The predicted octanol–water partition coefficient (Wildman–Crippen LogP) is -0.344. The van der Waals surface area contributed by atoms with Crippen molar-refractivity contribution in [2.75, 3.05) is 12.3 Å². The van der Waals surface area contributed by atoms with Crippen molar-refractivity contribution in [3.05, 3.63) is 24.0 Å². The van der Waals surface area contributed by atoms with Gasteiger partial charge in [-0.15, -0.1) is 0 Å². The van der Waals surface area contributed by atoms with Crippen LogP contribution in [0.3, 0.4) is 0 Å². The van der Waals surface area contributed by atoms with Crippen LogP contribution in [0.2, 0.25) is 0 Å². The molecule has 0 bridgehead atoms. The normalized spacial score (nSPS) is 12.9. The van der Waals surface area contributed by atoms with Crippen molar-refractivity contribution in [1.29, 1.82) is 0 Å². The number of rotatable bonds is 2. The summed E-state index contributed by atoms with van der Waals surface area (Å²) in [5.41, 5.74) is 12.4. The molecule has 0 saturated carbocycles. The van der Waals surface area contributed by atoms with Gasteiger partial charge in [-0.3, -0.25) is 4.98 Å². The number of aliphatic hydroxyl groups is 1. The molecule has 1 aromatic rings. The van der Waals surface area contributed by atoms with Gasteiger partial charge >= 0.3 is 0 Å². The Labute approximate surface area is 64.9 Å². The summed E-state index contributed by atoms with van der Waals surface area (Å²) in [6.45, 7) is -0.115. The summed E-state index contributed by atoms with van der Waals surface area (Å²) in [6, 6.07) is 1.23. The lowest BCUT2D eigenvalue weighted by Crippen LogP contribution is -2.16. The molecule has 1 atom stereocenters. The quantitative estimate of drug-likeness (QED) is 0.542. The Morgan fingerprint density at radius 2 is 2.36 bits per heavy atom. The van der Waals surface area contributed by atoms with Crippen LogP contribution in [0.1, 0.15) is 11.6 Å². The smallest absolute Gasteiger partial charge is 0.0625 e. The first-order chi connectivity index (χ1) is 5.25. The van der Waals surface area contributed by atoms with E-state index in [9.17, 15) is 0 Å². The third-order valence-corrected chi connectivity index (χ3v) is 1.48. The molecule has 0 saturated heterocycles. The van der Waals surface area contributed by atoms with Crippen LogP contribution in [0.5, 0.6) is 0 Å². The monoisotopic (exact) mass is 153 g/mol. The molecule has 0 aliphatic rings. The van der Waals surface area contributed by atoms with Crippen LogP contribution in [-0.2, 0) is 0 Å². The van der Waals surface area contributed by atoms with E-state index < -0.39 is 6.04 Å². The summed E-state index contributed by atoms with van der Waals surface area (Å²) < 4.78 is 0. The van der Waals surface area contributed by atoms with E-state index in [2.05, 4.69) is 4.98 Å². The Kier molecular flexibility index (Phi) is 2.40. The Morgan fingerprint density at radius 3 is 2.91 bits per heavy atom. The molecule has 0 radical (unpaired) electrons. The fourth-order valence-electron chi connectivity index (χ4n) is 0.826. The third-order valence-electron chi connectivity index (χ3n) is 1.48. The van der Waals surface area contributed by atoms with Crippen molar-refractivity contribution >= 4 is 5.69 Å². The van der Waals surface area contributed by atoms with Gasteiger partial charge in [0.05, 0.1) is 12.6 Å². The molecule has 1 heterocycles. The molecule has 1 aromatic heterocycles. The topological polar surface area (TPSA) is 85.2 Å². The van der Waals surface area contributed by atoms with Gasteiger partial charge in [-0.2, -0.15) is 0 Å². The van der Waals surface area contributed by atoms with Crippen LogP contribution in [0.4, 0.5) is 5.69 Å². The summed E-state index contributed by atoms with van der Waals surface area (Å²) in [7, 11) is 0. The number of nitrogen functional groups attached to an aromatic ring is 1. The maximum atomic E-state index is 8.70. The van der Waals surface area contributed by atoms with Crippen LogP contribution in [0, 0.1) is 0 Å². The standard InChI is InChI=1S/C7H11N3O/c8-6-1-2-10-3-5(6)7(9)4-11/h1-3,7,11H,4,9H2,(H2,8,10). The number of aliphatic hydroxyl groups excluding tert-OH is 1. The van der Waals surface area contributed by atoms with Crippen LogP contribution < -0.4 is 11.5 Å². The minimum Gasteiger partial charge on any atom is -0.398 e. The molecule has 4 heteroatoms. The van der Waals surface area contributed by atoms with Crippen molar-refractivity contribution in [3.63, 3.8) is 0 Å². The number of pyridine rings is 1. The molecule has 1 rings (SSSR count). The zero-order chi connectivity index (χ0) is 8.27. The highest BCUT2D eigenvalue weighted by atomic mass is 16.3. The molecular weight excluding hydrogens is 142 g/mol. The average molecular weight is 153 g/mol. The summed E-state index contributed by atoms with van der Waals surface area (Å²) in [4.78, 5) is 3.84. The van der Waals surface area contributed by atoms with Gasteiger partial charge in [0.15, 0.2) is 0 Å². The molecule has 11 heavy (non-hydrogen) atoms. The molecule has 0 spiro atoms. The first-order valence-corrected chi connectivity index (χ1v) is 3.31. The number of nitrogens with two attached hydrogens (primary N) is 2. The lowest BCUT2D eigenvalue weighted by molar-refractivity contribution is 0.268. The van der Waals surface area contributed by atoms with Crippen molar-refractivity contribution in [2.24, 2.45) is 5.73 Å². The molecule has 1 unspecified atom stereocenters. The van der Waals surface area contributed by atoms with Crippen molar-refractivity contribution in [3.8, 4) is 0 Å². The fourth-order valence-corrected chi connectivity index (χ4v) is 0.826.